The number of imide groups is 1. The van der Waals surface area contributed by atoms with E-state index in [1.165, 1.54) is 30.1 Å². The number of rotatable bonds is 20. The van der Waals surface area contributed by atoms with Crippen molar-refractivity contribution in [3.8, 4) is 0 Å². The first kappa shape index (κ1) is 45.9. The van der Waals surface area contributed by atoms with Gasteiger partial charge in [0.05, 0.1) is 11.1 Å². The monoisotopic (exact) mass is 841 g/mol. The van der Waals surface area contributed by atoms with Crippen LogP contribution in [0.4, 0.5) is 15.8 Å². The Balaban J connectivity index is 0.975. The molecule has 5 amide bonds. The Hall–Kier alpha value is -6.20. The number of carbonyl (C=O) groups excluding carboxylic acids is 7. The lowest BCUT2D eigenvalue weighted by Crippen LogP contribution is -2.53. The fourth-order valence-corrected chi connectivity index (χ4v) is 7.73. The summed E-state index contributed by atoms with van der Waals surface area (Å²) in [4.78, 5) is 96.2. The normalized spacial score (nSPS) is 16.1. The quantitative estimate of drug-likeness (QED) is 0.0423. The minimum atomic E-state index is -0.835. The lowest BCUT2D eigenvalue weighted by molar-refractivity contribution is -0.136. The molecule has 1 atom stereocenters. The van der Waals surface area contributed by atoms with Crippen LogP contribution in [0.25, 0.3) is 11.6 Å². The van der Waals surface area contributed by atoms with Crippen LogP contribution in [0.2, 0.25) is 0 Å². The average Bonchev–Trinajstić information content (AvgIpc) is 3.54. The SMILES string of the molecule is CNc1ccc(F)cc1/C(C=O)=C/c1[nH]c(C)c(C(=O)NCCCN2CCN(CCNC(=O)CCCNc3cccc(C=O)c3C(=O)N(C)C3CCC(=O)NC3=O)CC2)c1C. The van der Waals surface area contributed by atoms with Crippen LogP contribution < -0.4 is 26.6 Å². The first-order chi connectivity index (χ1) is 29.3. The minimum Gasteiger partial charge on any atom is -0.388 e. The van der Waals surface area contributed by atoms with Gasteiger partial charge < -0.3 is 36.1 Å². The van der Waals surface area contributed by atoms with Crippen LogP contribution in [0.5, 0.6) is 0 Å². The Morgan fingerprint density at radius 2 is 1.66 bits per heavy atom. The van der Waals surface area contributed by atoms with Gasteiger partial charge in [-0.2, -0.15) is 0 Å². The van der Waals surface area contributed by atoms with Gasteiger partial charge in [-0.25, -0.2) is 4.39 Å². The molecule has 3 heterocycles. The van der Waals surface area contributed by atoms with Gasteiger partial charge >= 0.3 is 0 Å². The van der Waals surface area contributed by atoms with Gasteiger partial charge in [0.1, 0.15) is 11.9 Å². The predicted molar refractivity (Wildman–Crippen MR) is 231 cm³/mol. The molecular formula is C44H56FN9O7. The van der Waals surface area contributed by atoms with E-state index in [-0.39, 0.29) is 53.7 Å². The van der Waals surface area contributed by atoms with Gasteiger partial charge in [0.15, 0.2) is 12.6 Å². The van der Waals surface area contributed by atoms with Crippen molar-refractivity contribution >= 4 is 65.1 Å². The second-order valence-corrected chi connectivity index (χ2v) is 15.3. The number of aromatic nitrogens is 1. The Bertz CT molecular complexity index is 2140. The number of likely N-dealkylation sites (N-methyl/N-ethyl adjacent to an activating group) is 1. The molecule has 2 aliphatic heterocycles. The number of hydrogen-bond donors (Lipinski definition) is 6. The molecule has 0 aliphatic carbocycles. The lowest BCUT2D eigenvalue weighted by Gasteiger charge is -2.34. The van der Waals surface area contributed by atoms with E-state index < -0.39 is 23.7 Å². The molecule has 6 N–H and O–H groups in total. The van der Waals surface area contributed by atoms with Crippen LogP contribution in [0.3, 0.4) is 0 Å². The van der Waals surface area contributed by atoms with Crippen LogP contribution in [0.15, 0.2) is 36.4 Å². The van der Waals surface area contributed by atoms with E-state index in [9.17, 15) is 38.0 Å². The van der Waals surface area contributed by atoms with Crippen molar-refractivity contribution in [1.29, 1.82) is 0 Å². The average molecular weight is 842 g/mol. The third-order valence-corrected chi connectivity index (χ3v) is 11.2. The van der Waals surface area contributed by atoms with Crippen molar-refractivity contribution in [3.05, 3.63) is 81.4 Å². The molecule has 0 radical (unpaired) electrons. The fraction of sp³-hybridized carbons (Fsp3) is 0.432. The molecule has 3 aromatic rings. The smallest absolute Gasteiger partial charge is 0.257 e. The van der Waals surface area contributed by atoms with Crippen molar-refractivity contribution in [3.63, 3.8) is 0 Å². The number of allylic oxidation sites excluding steroid dienone is 1. The Morgan fingerprint density at radius 3 is 2.34 bits per heavy atom. The van der Waals surface area contributed by atoms with Gasteiger partial charge in [0.25, 0.3) is 11.8 Å². The molecule has 2 saturated heterocycles. The molecule has 2 aromatic carbocycles. The molecule has 2 fully saturated rings. The number of piperazine rings is 1. The van der Waals surface area contributed by atoms with Gasteiger partial charge in [-0.3, -0.25) is 43.8 Å². The van der Waals surface area contributed by atoms with Gasteiger partial charge in [0, 0.05) is 119 Å². The highest BCUT2D eigenvalue weighted by molar-refractivity contribution is 6.15. The van der Waals surface area contributed by atoms with Crippen molar-refractivity contribution in [2.75, 3.05) is 83.6 Å². The van der Waals surface area contributed by atoms with Crippen molar-refractivity contribution in [1.82, 2.24) is 35.6 Å². The highest BCUT2D eigenvalue weighted by Crippen LogP contribution is 2.28. The van der Waals surface area contributed by atoms with Gasteiger partial charge in [-0.1, -0.05) is 12.1 Å². The highest BCUT2D eigenvalue weighted by atomic mass is 19.1. The summed E-state index contributed by atoms with van der Waals surface area (Å²) in [6.07, 6.45) is 4.71. The number of piperidine rings is 1. The zero-order chi connectivity index (χ0) is 44.1. The van der Waals surface area contributed by atoms with Crippen molar-refractivity contribution < 1.29 is 38.0 Å². The van der Waals surface area contributed by atoms with Crippen LogP contribution in [-0.4, -0.2) is 141 Å². The number of carbonyl (C=O) groups is 7. The van der Waals surface area contributed by atoms with Crippen molar-refractivity contribution in [2.24, 2.45) is 0 Å². The maximum absolute atomic E-state index is 14.0. The molecule has 0 bridgehead atoms. The number of H-pyrrole nitrogens is 1. The summed E-state index contributed by atoms with van der Waals surface area (Å²) in [6, 6.07) is 8.20. The summed E-state index contributed by atoms with van der Waals surface area (Å²) < 4.78 is 14.0. The summed E-state index contributed by atoms with van der Waals surface area (Å²) in [7, 11) is 3.17. The minimum absolute atomic E-state index is 0.0894. The number of aromatic amines is 1. The molecule has 326 valence electrons. The van der Waals surface area contributed by atoms with Crippen LogP contribution in [0.1, 0.15) is 85.7 Å². The number of nitrogens with zero attached hydrogens (tertiary/aromatic N) is 3. The van der Waals surface area contributed by atoms with Crippen LogP contribution in [0, 0.1) is 19.7 Å². The zero-order valence-electron chi connectivity index (χ0n) is 35.3. The maximum Gasteiger partial charge on any atom is 0.257 e. The highest BCUT2D eigenvalue weighted by Gasteiger charge is 2.34. The molecule has 1 unspecified atom stereocenters. The molecule has 16 nitrogen and oxygen atoms in total. The number of benzene rings is 2. The van der Waals surface area contributed by atoms with Crippen LogP contribution >= 0.6 is 0 Å². The van der Waals surface area contributed by atoms with E-state index in [1.54, 1.807) is 38.2 Å². The summed E-state index contributed by atoms with van der Waals surface area (Å²) in [5.74, 6) is -2.22. The number of halogens is 1. The molecule has 0 spiro atoms. The Labute approximate surface area is 355 Å². The number of aldehydes is 2. The van der Waals surface area contributed by atoms with Gasteiger partial charge in [-0.05, 0) is 75.6 Å². The number of hydrogen-bond acceptors (Lipinski definition) is 11. The number of nitrogens with one attached hydrogen (secondary N) is 6. The largest absolute Gasteiger partial charge is 0.388 e. The first-order valence-electron chi connectivity index (χ1n) is 20.6. The van der Waals surface area contributed by atoms with E-state index in [0.29, 0.717) is 78.1 Å². The third-order valence-electron chi connectivity index (χ3n) is 11.2. The molecule has 2 aliphatic rings. The Kier molecular flexibility index (Phi) is 16.5. The summed E-state index contributed by atoms with van der Waals surface area (Å²) in [5.41, 5.74) is 4.51. The molecule has 61 heavy (non-hydrogen) atoms. The van der Waals surface area contributed by atoms with Gasteiger partial charge in [0.2, 0.25) is 17.7 Å². The summed E-state index contributed by atoms with van der Waals surface area (Å²) >= 11 is 0. The fourth-order valence-electron chi connectivity index (χ4n) is 7.73. The number of anilines is 2. The van der Waals surface area contributed by atoms with E-state index >= 15 is 0 Å². The lowest BCUT2D eigenvalue weighted by atomic mass is 10.0. The zero-order valence-corrected chi connectivity index (χ0v) is 35.3. The Morgan fingerprint density at radius 1 is 0.918 bits per heavy atom. The number of aryl methyl sites for hydroxylation is 1. The first-order valence-corrected chi connectivity index (χ1v) is 20.6. The summed E-state index contributed by atoms with van der Waals surface area (Å²) in [5, 5.41) is 14.4. The second-order valence-electron chi connectivity index (χ2n) is 15.3. The third kappa shape index (κ3) is 12.0. The molecule has 17 heteroatoms. The van der Waals surface area contributed by atoms with E-state index in [0.717, 1.165) is 45.7 Å². The topological polar surface area (TPSA) is 205 Å². The molecule has 1 aromatic heterocycles. The number of amides is 5. The molecule has 5 rings (SSSR count). The van der Waals surface area contributed by atoms with Gasteiger partial charge in [-0.15, -0.1) is 0 Å². The van der Waals surface area contributed by atoms with E-state index in [2.05, 4.69) is 41.4 Å². The maximum atomic E-state index is 14.0. The summed E-state index contributed by atoms with van der Waals surface area (Å²) in [6.45, 7) is 10.0. The van der Waals surface area contributed by atoms with E-state index in [4.69, 9.17) is 0 Å². The molecule has 0 saturated carbocycles. The van der Waals surface area contributed by atoms with Crippen molar-refractivity contribution in [2.45, 2.75) is 52.0 Å². The molecular weight excluding hydrogens is 786 g/mol. The standard InChI is InChI=1S/C44H56FN9O7/c1-28-36(24-31(27-56)33-25-32(45)11-12-34(33)46-3)50-29(2)40(28)43(60)49-16-7-18-53-20-22-54(23-21-53)19-17-48-38(57)10-6-15-47-35-9-5-8-30(26-55)41(35)44(61)52(4)37-13-14-39(58)51-42(37)59/h5,8-9,11-12,24-27,37,46-47,50H,6-7,10,13-23H2,1-4H3,(H,48,57)(H,49,60)(H,51,58,59)/b31-24+. The predicted octanol–water partition coefficient (Wildman–Crippen LogP) is 2.99. The second kappa shape index (κ2) is 21.9. The van der Waals surface area contributed by atoms with E-state index in [1.807, 2.05) is 6.92 Å². The van der Waals surface area contributed by atoms with Crippen LogP contribution in [-0.2, 0) is 19.2 Å².